The Morgan fingerprint density at radius 3 is 2.67 bits per heavy atom. The Bertz CT molecular complexity index is 589. The van der Waals surface area contributed by atoms with Gasteiger partial charge in [-0.15, -0.1) is 0 Å². The molecule has 0 aliphatic heterocycles. The van der Waals surface area contributed by atoms with Crippen LogP contribution < -0.4 is 4.74 Å². The molecule has 2 aromatic rings. The number of aliphatic hydroxyl groups is 1. The normalized spacial score (nSPS) is 12.4. The first-order chi connectivity index (χ1) is 10.1. The molecule has 0 aliphatic rings. The van der Waals surface area contributed by atoms with Crippen LogP contribution >= 0.6 is 15.9 Å². The molecule has 0 spiro atoms. The average Bonchev–Trinajstić information content (AvgIpc) is 2.47. The van der Waals surface area contributed by atoms with Crippen LogP contribution in [0.5, 0.6) is 5.75 Å². The zero-order chi connectivity index (χ0) is 15.2. The van der Waals surface area contributed by atoms with Crippen molar-refractivity contribution in [2.45, 2.75) is 12.6 Å². The third-order valence-corrected chi connectivity index (χ3v) is 3.80. The molecule has 21 heavy (non-hydrogen) atoms. The largest absolute Gasteiger partial charge is 0.497 e. The summed E-state index contributed by atoms with van der Waals surface area (Å²) in [5.74, 6) is 0.765. The van der Waals surface area contributed by atoms with Gasteiger partial charge in [-0.2, -0.15) is 0 Å². The lowest BCUT2D eigenvalue weighted by molar-refractivity contribution is 0.123. The van der Waals surface area contributed by atoms with Crippen molar-refractivity contribution >= 4 is 15.9 Å². The van der Waals surface area contributed by atoms with E-state index in [-0.39, 0.29) is 0 Å². The highest BCUT2D eigenvalue weighted by atomic mass is 79.9. The number of methoxy groups -OCH3 is 1. The zero-order valence-corrected chi connectivity index (χ0v) is 13.9. The van der Waals surface area contributed by atoms with Gasteiger partial charge in [0.25, 0.3) is 0 Å². The fourth-order valence-corrected chi connectivity index (χ4v) is 2.71. The van der Waals surface area contributed by atoms with Gasteiger partial charge < -0.3 is 9.84 Å². The number of aliphatic hydroxyl groups excluding tert-OH is 1. The predicted molar refractivity (Wildman–Crippen MR) is 88.4 cm³/mol. The van der Waals surface area contributed by atoms with Gasteiger partial charge in [-0.3, -0.25) is 4.90 Å². The molecular formula is C17H20BrNO2. The summed E-state index contributed by atoms with van der Waals surface area (Å²) in [5.41, 5.74) is 2.08. The van der Waals surface area contributed by atoms with E-state index in [0.29, 0.717) is 6.54 Å². The Hall–Kier alpha value is -1.36. The van der Waals surface area contributed by atoms with Gasteiger partial charge in [0.05, 0.1) is 13.2 Å². The molecule has 0 aliphatic carbocycles. The SMILES string of the molecule is COc1cccc(C(O)CN(C)Cc2cccc(Br)c2)c1. The lowest BCUT2D eigenvalue weighted by Gasteiger charge is -2.21. The number of hydrogen-bond donors (Lipinski definition) is 1. The van der Waals surface area contributed by atoms with Crippen LogP contribution in [0.25, 0.3) is 0 Å². The molecule has 4 heteroatoms. The van der Waals surface area contributed by atoms with Crippen LogP contribution in [0.15, 0.2) is 53.0 Å². The van der Waals surface area contributed by atoms with E-state index in [9.17, 15) is 5.11 Å². The number of nitrogens with zero attached hydrogens (tertiary/aromatic N) is 1. The van der Waals surface area contributed by atoms with Gasteiger partial charge in [0, 0.05) is 17.6 Å². The molecule has 0 radical (unpaired) electrons. The molecule has 0 amide bonds. The Morgan fingerprint density at radius 1 is 1.19 bits per heavy atom. The Labute approximate surface area is 134 Å². The maximum Gasteiger partial charge on any atom is 0.119 e. The van der Waals surface area contributed by atoms with Crippen molar-refractivity contribution in [3.8, 4) is 5.75 Å². The number of rotatable bonds is 6. The molecule has 2 aromatic carbocycles. The summed E-state index contributed by atoms with van der Waals surface area (Å²) in [6, 6.07) is 15.8. The van der Waals surface area contributed by atoms with Crippen molar-refractivity contribution in [1.29, 1.82) is 0 Å². The van der Waals surface area contributed by atoms with Crippen molar-refractivity contribution < 1.29 is 9.84 Å². The minimum absolute atomic E-state index is 0.530. The highest BCUT2D eigenvalue weighted by Crippen LogP contribution is 2.20. The molecule has 0 aromatic heterocycles. The first-order valence-electron chi connectivity index (χ1n) is 6.83. The molecule has 2 rings (SSSR count). The smallest absolute Gasteiger partial charge is 0.119 e. The van der Waals surface area contributed by atoms with E-state index in [4.69, 9.17) is 4.74 Å². The van der Waals surface area contributed by atoms with Crippen LogP contribution in [0.3, 0.4) is 0 Å². The van der Waals surface area contributed by atoms with Gasteiger partial charge in [0.1, 0.15) is 5.75 Å². The van der Waals surface area contributed by atoms with E-state index in [1.165, 1.54) is 5.56 Å². The van der Waals surface area contributed by atoms with Gasteiger partial charge in [-0.1, -0.05) is 40.2 Å². The van der Waals surface area contributed by atoms with Crippen molar-refractivity contribution in [3.05, 3.63) is 64.1 Å². The van der Waals surface area contributed by atoms with Gasteiger partial charge >= 0.3 is 0 Å². The van der Waals surface area contributed by atoms with Crippen molar-refractivity contribution in [2.24, 2.45) is 0 Å². The van der Waals surface area contributed by atoms with E-state index in [1.807, 2.05) is 43.4 Å². The summed E-state index contributed by atoms with van der Waals surface area (Å²) in [5, 5.41) is 10.3. The number of ether oxygens (including phenoxy) is 1. The highest BCUT2D eigenvalue weighted by molar-refractivity contribution is 9.10. The van der Waals surface area contributed by atoms with Crippen molar-refractivity contribution in [2.75, 3.05) is 20.7 Å². The standard InChI is InChI=1S/C17H20BrNO2/c1-19(11-13-5-3-7-15(18)9-13)12-17(20)14-6-4-8-16(10-14)21-2/h3-10,17,20H,11-12H2,1-2H3. The van der Waals surface area contributed by atoms with Gasteiger partial charge in [0.2, 0.25) is 0 Å². The van der Waals surface area contributed by atoms with Crippen LogP contribution in [0.4, 0.5) is 0 Å². The summed E-state index contributed by atoms with van der Waals surface area (Å²) in [7, 11) is 3.63. The molecule has 1 N–H and O–H groups in total. The monoisotopic (exact) mass is 349 g/mol. The lowest BCUT2D eigenvalue weighted by atomic mass is 10.1. The maximum atomic E-state index is 10.3. The lowest BCUT2D eigenvalue weighted by Crippen LogP contribution is -2.24. The molecule has 0 fully saturated rings. The van der Waals surface area contributed by atoms with Crippen molar-refractivity contribution in [1.82, 2.24) is 4.90 Å². The fourth-order valence-electron chi connectivity index (χ4n) is 2.26. The molecule has 3 nitrogen and oxygen atoms in total. The summed E-state index contributed by atoms with van der Waals surface area (Å²) < 4.78 is 6.26. The van der Waals surface area contributed by atoms with E-state index in [2.05, 4.69) is 33.0 Å². The van der Waals surface area contributed by atoms with E-state index >= 15 is 0 Å². The van der Waals surface area contributed by atoms with Crippen LogP contribution in [0.1, 0.15) is 17.2 Å². The minimum Gasteiger partial charge on any atom is -0.497 e. The van der Waals surface area contributed by atoms with Crippen LogP contribution in [0.2, 0.25) is 0 Å². The Morgan fingerprint density at radius 2 is 1.95 bits per heavy atom. The topological polar surface area (TPSA) is 32.7 Å². The third kappa shape index (κ3) is 4.84. The second kappa shape index (κ2) is 7.59. The number of hydrogen-bond acceptors (Lipinski definition) is 3. The molecule has 1 atom stereocenters. The first kappa shape index (κ1) is 16.0. The van der Waals surface area contributed by atoms with Gasteiger partial charge in [-0.25, -0.2) is 0 Å². The zero-order valence-electron chi connectivity index (χ0n) is 12.3. The third-order valence-electron chi connectivity index (χ3n) is 3.30. The molecular weight excluding hydrogens is 330 g/mol. The quantitative estimate of drug-likeness (QED) is 0.864. The molecule has 0 heterocycles. The van der Waals surface area contributed by atoms with E-state index < -0.39 is 6.10 Å². The van der Waals surface area contributed by atoms with Crippen LogP contribution in [0, 0.1) is 0 Å². The maximum absolute atomic E-state index is 10.3. The van der Waals surface area contributed by atoms with Crippen LogP contribution in [-0.2, 0) is 6.54 Å². The fraction of sp³-hybridized carbons (Fsp3) is 0.294. The van der Waals surface area contributed by atoms with Gasteiger partial charge in [-0.05, 0) is 42.4 Å². The van der Waals surface area contributed by atoms with Gasteiger partial charge in [0.15, 0.2) is 0 Å². The van der Waals surface area contributed by atoms with Crippen molar-refractivity contribution in [3.63, 3.8) is 0 Å². The molecule has 0 saturated heterocycles. The van der Waals surface area contributed by atoms with E-state index in [1.54, 1.807) is 7.11 Å². The summed E-state index contributed by atoms with van der Waals surface area (Å²) in [6.07, 6.45) is -0.530. The molecule has 112 valence electrons. The molecule has 0 saturated carbocycles. The van der Waals surface area contributed by atoms with Crippen LogP contribution in [-0.4, -0.2) is 30.7 Å². The minimum atomic E-state index is -0.530. The average molecular weight is 350 g/mol. The van der Waals surface area contributed by atoms with E-state index in [0.717, 1.165) is 22.3 Å². The Kier molecular flexibility index (Phi) is 5.79. The number of benzene rings is 2. The Balaban J connectivity index is 1.96. The summed E-state index contributed by atoms with van der Waals surface area (Å²) in [4.78, 5) is 2.10. The number of likely N-dealkylation sites (N-methyl/N-ethyl adjacent to an activating group) is 1. The summed E-state index contributed by atoms with van der Waals surface area (Å²) >= 11 is 3.47. The molecule has 0 bridgehead atoms. The summed E-state index contributed by atoms with van der Waals surface area (Å²) in [6.45, 7) is 1.36. The first-order valence-corrected chi connectivity index (χ1v) is 7.63. The second-order valence-electron chi connectivity index (χ2n) is 5.12. The number of halogens is 1. The predicted octanol–water partition coefficient (Wildman–Crippen LogP) is 3.62. The molecule has 1 unspecified atom stereocenters. The second-order valence-corrected chi connectivity index (χ2v) is 6.03. The highest BCUT2D eigenvalue weighted by Gasteiger charge is 2.12.